The minimum Gasteiger partial charge on any atom is -0.391 e. The standard InChI is InChI=1S/C18H18N4O/c23-14-6-4-10-22(12-14)18-15-7-1-2-8-16(15)20-17(21-18)13-5-3-9-19-11-13/h1-3,5,7-9,11,14,23H,4,6,10,12H2. The van der Waals surface area contributed by atoms with Crippen LogP contribution < -0.4 is 4.90 Å². The molecule has 4 rings (SSSR count). The van der Waals surface area contributed by atoms with E-state index in [-0.39, 0.29) is 6.10 Å². The van der Waals surface area contributed by atoms with Gasteiger partial charge in [0.1, 0.15) is 5.82 Å². The first kappa shape index (κ1) is 14.1. The van der Waals surface area contributed by atoms with E-state index in [9.17, 15) is 5.11 Å². The Bertz CT molecular complexity index is 822. The van der Waals surface area contributed by atoms with E-state index >= 15 is 0 Å². The molecule has 2 aromatic heterocycles. The third kappa shape index (κ3) is 2.75. The molecule has 1 N–H and O–H groups in total. The van der Waals surface area contributed by atoms with Gasteiger partial charge in [-0.05, 0) is 37.1 Å². The number of aromatic nitrogens is 3. The summed E-state index contributed by atoms with van der Waals surface area (Å²) in [6.07, 6.45) is 5.06. The molecule has 1 aromatic carbocycles. The molecule has 5 nitrogen and oxygen atoms in total. The van der Waals surface area contributed by atoms with Gasteiger partial charge in [-0.15, -0.1) is 0 Å². The number of benzene rings is 1. The summed E-state index contributed by atoms with van der Waals surface area (Å²) in [6, 6.07) is 11.9. The average molecular weight is 306 g/mol. The lowest BCUT2D eigenvalue weighted by Crippen LogP contribution is -2.38. The van der Waals surface area contributed by atoms with Crippen molar-refractivity contribution in [1.82, 2.24) is 15.0 Å². The summed E-state index contributed by atoms with van der Waals surface area (Å²) in [6.45, 7) is 1.53. The highest BCUT2D eigenvalue weighted by Crippen LogP contribution is 2.29. The van der Waals surface area contributed by atoms with Crippen molar-refractivity contribution in [2.75, 3.05) is 18.0 Å². The van der Waals surface area contributed by atoms with Crippen LogP contribution in [0.3, 0.4) is 0 Å². The topological polar surface area (TPSA) is 62.1 Å². The molecule has 1 unspecified atom stereocenters. The summed E-state index contributed by atoms with van der Waals surface area (Å²) in [5, 5.41) is 11.0. The van der Waals surface area contributed by atoms with Crippen LogP contribution in [0.15, 0.2) is 48.8 Å². The van der Waals surface area contributed by atoms with E-state index in [1.807, 2.05) is 36.4 Å². The van der Waals surface area contributed by atoms with E-state index in [1.165, 1.54) is 0 Å². The van der Waals surface area contributed by atoms with Gasteiger partial charge in [0.2, 0.25) is 0 Å². The molecule has 23 heavy (non-hydrogen) atoms. The first-order chi connectivity index (χ1) is 11.3. The molecule has 1 aliphatic rings. The number of anilines is 1. The molecular weight excluding hydrogens is 288 g/mol. The molecule has 0 saturated carbocycles. The lowest BCUT2D eigenvalue weighted by molar-refractivity contribution is 0.154. The minimum absolute atomic E-state index is 0.292. The van der Waals surface area contributed by atoms with Crippen molar-refractivity contribution >= 4 is 16.7 Å². The van der Waals surface area contributed by atoms with Crippen LogP contribution in [-0.2, 0) is 0 Å². The Hall–Kier alpha value is -2.53. The van der Waals surface area contributed by atoms with Crippen LogP contribution in [0.25, 0.3) is 22.3 Å². The van der Waals surface area contributed by atoms with Crippen LogP contribution >= 0.6 is 0 Å². The molecule has 0 radical (unpaired) electrons. The summed E-state index contributed by atoms with van der Waals surface area (Å²) in [4.78, 5) is 15.8. The van der Waals surface area contributed by atoms with Crippen molar-refractivity contribution in [3.63, 3.8) is 0 Å². The number of fused-ring (bicyclic) bond motifs is 1. The Morgan fingerprint density at radius 3 is 2.83 bits per heavy atom. The Balaban J connectivity index is 1.87. The lowest BCUT2D eigenvalue weighted by atomic mass is 10.1. The highest BCUT2D eigenvalue weighted by atomic mass is 16.3. The fraction of sp³-hybridized carbons (Fsp3) is 0.278. The number of rotatable bonds is 2. The summed E-state index contributed by atoms with van der Waals surface area (Å²) < 4.78 is 0. The van der Waals surface area contributed by atoms with Crippen LogP contribution in [0.5, 0.6) is 0 Å². The summed E-state index contributed by atoms with van der Waals surface area (Å²) in [5.74, 6) is 1.57. The Labute approximate surface area is 134 Å². The van der Waals surface area contributed by atoms with Gasteiger partial charge in [-0.25, -0.2) is 9.97 Å². The lowest BCUT2D eigenvalue weighted by Gasteiger charge is -2.31. The molecular formula is C18H18N4O. The number of pyridine rings is 1. The highest BCUT2D eigenvalue weighted by molar-refractivity contribution is 5.91. The van der Waals surface area contributed by atoms with Gasteiger partial charge in [0.25, 0.3) is 0 Å². The third-order valence-corrected chi connectivity index (χ3v) is 4.20. The second kappa shape index (κ2) is 5.93. The number of aliphatic hydroxyl groups excluding tert-OH is 1. The Morgan fingerprint density at radius 2 is 2.00 bits per heavy atom. The molecule has 5 heteroatoms. The molecule has 3 aromatic rings. The smallest absolute Gasteiger partial charge is 0.163 e. The molecule has 0 aliphatic carbocycles. The van der Waals surface area contributed by atoms with E-state index in [1.54, 1.807) is 12.4 Å². The first-order valence-corrected chi connectivity index (χ1v) is 7.91. The molecule has 116 valence electrons. The van der Waals surface area contributed by atoms with Gasteiger partial charge >= 0.3 is 0 Å². The van der Waals surface area contributed by atoms with Gasteiger partial charge in [-0.3, -0.25) is 4.98 Å². The van der Waals surface area contributed by atoms with Crippen LogP contribution in [0.4, 0.5) is 5.82 Å². The average Bonchev–Trinajstić information content (AvgIpc) is 2.61. The molecule has 1 aliphatic heterocycles. The van der Waals surface area contributed by atoms with Crippen molar-refractivity contribution in [1.29, 1.82) is 0 Å². The number of piperidine rings is 1. The van der Waals surface area contributed by atoms with Crippen molar-refractivity contribution in [2.45, 2.75) is 18.9 Å². The van der Waals surface area contributed by atoms with E-state index in [0.717, 1.165) is 41.7 Å². The quantitative estimate of drug-likeness (QED) is 0.788. The second-order valence-electron chi connectivity index (χ2n) is 5.87. The predicted octanol–water partition coefficient (Wildman–Crippen LogP) is 2.65. The van der Waals surface area contributed by atoms with Crippen molar-refractivity contribution < 1.29 is 5.11 Å². The number of nitrogens with zero attached hydrogens (tertiary/aromatic N) is 4. The highest BCUT2D eigenvalue weighted by Gasteiger charge is 2.21. The molecule has 0 amide bonds. The monoisotopic (exact) mass is 306 g/mol. The Kier molecular flexibility index (Phi) is 3.63. The predicted molar refractivity (Wildman–Crippen MR) is 90.2 cm³/mol. The molecule has 1 atom stereocenters. The SMILES string of the molecule is OC1CCCN(c2nc(-c3cccnc3)nc3ccccc23)C1. The van der Waals surface area contributed by atoms with Crippen LogP contribution in [0, 0.1) is 0 Å². The van der Waals surface area contributed by atoms with Gasteiger partial charge in [-0.2, -0.15) is 0 Å². The van der Waals surface area contributed by atoms with Crippen molar-refractivity contribution in [2.24, 2.45) is 0 Å². The van der Waals surface area contributed by atoms with Crippen LogP contribution in [-0.4, -0.2) is 39.3 Å². The van der Waals surface area contributed by atoms with Gasteiger partial charge in [0.15, 0.2) is 5.82 Å². The zero-order valence-electron chi connectivity index (χ0n) is 12.8. The maximum absolute atomic E-state index is 10.0. The second-order valence-corrected chi connectivity index (χ2v) is 5.87. The van der Waals surface area contributed by atoms with Crippen molar-refractivity contribution in [3.05, 3.63) is 48.8 Å². The van der Waals surface area contributed by atoms with E-state index in [4.69, 9.17) is 4.98 Å². The number of para-hydroxylation sites is 1. The maximum atomic E-state index is 10.0. The van der Waals surface area contributed by atoms with Gasteiger partial charge in [0, 0.05) is 36.4 Å². The molecule has 0 spiro atoms. The maximum Gasteiger partial charge on any atom is 0.163 e. The largest absolute Gasteiger partial charge is 0.391 e. The first-order valence-electron chi connectivity index (χ1n) is 7.91. The minimum atomic E-state index is -0.292. The number of β-amino-alcohol motifs (C(OH)–C–C–N with tert-alkyl or cyclic N) is 1. The number of hydrogen-bond acceptors (Lipinski definition) is 5. The van der Waals surface area contributed by atoms with E-state index < -0.39 is 0 Å². The van der Waals surface area contributed by atoms with Gasteiger partial charge < -0.3 is 10.0 Å². The zero-order chi connectivity index (χ0) is 15.6. The summed E-state index contributed by atoms with van der Waals surface area (Å²) in [5.41, 5.74) is 1.81. The van der Waals surface area contributed by atoms with Crippen LogP contribution in [0.2, 0.25) is 0 Å². The normalized spacial score (nSPS) is 18.3. The zero-order valence-corrected chi connectivity index (χ0v) is 12.8. The summed E-state index contributed by atoms with van der Waals surface area (Å²) >= 11 is 0. The van der Waals surface area contributed by atoms with Gasteiger partial charge in [-0.1, -0.05) is 12.1 Å². The molecule has 1 saturated heterocycles. The number of aliphatic hydroxyl groups is 1. The van der Waals surface area contributed by atoms with Crippen LogP contribution in [0.1, 0.15) is 12.8 Å². The molecule has 3 heterocycles. The third-order valence-electron chi connectivity index (χ3n) is 4.20. The van der Waals surface area contributed by atoms with E-state index in [0.29, 0.717) is 12.4 Å². The number of hydrogen-bond donors (Lipinski definition) is 1. The molecule has 0 bridgehead atoms. The Morgan fingerprint density at radius 1 is 1.09 bits per heavy atom. The van der Waals surface area contributed by atoms with Crippen molar-refractivity contribution in [3.8, 4) is 11.4 Å². The van der Waals surface area contributed by atoms with Gasteiger partial charge in [0.05, 0.1) is 11.6 Å². The van der Waals surface area contributed by atoms with E-state index in [2.05, 4.69) is 14.9 Å². The fourth-order valence-corrected chi connectivity index (χ4v) is 3.07. The summed E-state index contributed by atoms with van der Waals surface area (Å²) in [7, 11) is 0. The molecule has 1 fully saturated rings. The fourth-order valence-electron chi connectivity index (χ4n) is 3.07.